The van der Waals surface area contributed by atoms with Crippen LogP contribution in [0.2, 0.25) is 5.02 Å². The van der Waals surface area contributed by atoms with Gasteiger partial charge in [-0.2, -0.15) is 10.2 Å². The zero-order chi connectivity index (χ0) is 21.5. The summed E-state index contributed by atoms with van der Waals surface area (Å²) < 4.78 is 24.4. The minimum absolute atomic E-state index is 0.0999. The van der Waals surface area contributed by atoms with Gasteiger partial charge < -0.3 is 5.32 Å². The van der Waals surface area contributed by atoms with Crippen LogP contribution < -0.4 is 11.0 Å². The number of sulfone groups is 1. The number of halogens is 1. The van der Waals surface area contributed by atoms with Gasteiger partial charge in [-0.3, -0.25) is 4.57 Å². The number of nitrogens with one attached hydrogen (secondary N) is 1. The first-order valence-corrected chi connectivity index (χ1v) is 11.9. The van der Waals surface area contributed by atoms with Crippen LogP contribution in [0.3, 0.4) is 0 Å². The van der Waals surface area contributed by atoms with Crippen molar-refractivity contribution in [1.29, 1.82) is 5.26 Å². The highest BCUT2D eigenvalue weighted by Gasteiger charge is 2.28. The van der Waals surface area contributed by atoms with Crippen LogP contribution in [0.15, 0.2) is 41.2 Å². The minimum atomic E-state index is -3.18. The third-order valence-electron chi connectivity index (χ3n) is 5.06. The third-order valence-corrected chi connectivity index (χ3v) is 6.32. The van der Waals surface area contributed by atoms with E-state index in [2.05, 4.69) is 16.4 Å². The number of benzene rings is 2. The summed E-state index contributed by atoms with van der Waals surface area (Å²) in [6.45, 7) is 0.0999. The maximum absolute atomic E-state index is 13.0. The summed E-state index contributed by atoms with van der Waals surface area (Å²) in [5, 5.41) is 13.6. The van der Waals surface area contributed by atoms with Crippen LogP contribution in [0.5, 0.6) is 0 Å². The van der Waals surface area contributed by atoms with E-state index in [1.54, 1.807) is 30.3 Å². The van der Waals surface area contributed by atoms with Gasteiger partial charge in [-0.15, -0.1) is 0 Å². The second-order valence-corrected chi connectivity index (χ2v) is 10.1. The normalized spacial score (nSPS) is 13.9. The topological polar surface area (TPSA) is 105 Å². The predicted molar refractivity (Wildman–Crippen MR) is 117 cm³/mol. The van der Waals surface area contributed by atoms with E-state index in [0.29, 0.717) is 33.1 Å². The zero-order valence-electron chi connectivity index (χ0n) is 16.2. The molecule has 1 heterocycles. The summed E-state index contributed by atoms with van der Waals surface area (Å²) in [5.74, 6) is 0.448. The molecular formula is C21H19ClN4O3S. The smallest absolute Gasteiger partial charge is 0.354 e. The summed E-state index contributed by atoms with van der Waals surface area (Å²) in [6, 6.07) is 12.8. The summed E-state index contributed by atoms with van der Waals surface area (Å²) >= 11 is 6.36. The van der Waals surface area contributed by atoms with E-state index in [1.807, 2.05) is 6.07 Å². The van der Waals surface area contributed by atoms with Crippen molar-refractivity contribution in [3.8, 4) is 11.8 Å². The average Bonchev–Trinajstić information content (AvgIpc) is 3.52. The lowest BCUT2D eigenvalue weighted by Gasteiger charge is -2.16. The molecule has 154 valence electrons. The van der Waals surface area contributed by atoms with E-state index in [4.69, 9.17) is 11.6 Å². The standard InChI is InChI=1S/C21H19ClN4O3S/c1-30(28,29)9-8-24-20-16-10-14(12-23)15(13-6-7-13)11-19(16)26(21(27)25-20)18-5-3-2-4-17(18)22/h2-5,10-11,13H,6-9H2,1H3,(H,24,25,27). The van der Waals surface area contributed by atoms with E-state index in [0.717, 1.165) is 24.7 Å². The molecule has 1 aromatic heterocycles. The molecule has 30 heavy (non-hydrogen) atoms. The highest BCUT2D eigenvalue weighted by atomic mass is 35.5. The molecule has 0 aliphatic heterocycles. The highest BCUT2D eigenvalue weighted by molar-refractivity contribution is 7.90. The fourth-order valence-electron chi connectivity index (χ4n) is 3.47. The van der Waals surface area contributed by atoms with Crippen molar-refractivity contribution in [2.24, 2.45) is 0 Å². The molecule has 1 aliphatic rings. The van der Waals surface area contributed by atoms with Crippen LogP contribution in [0.25, 0.3) is 16.6 Å². The summed E-state index contributed by atoms with van der Waals surface area (Å²) in [4.78, 5) is 17.1. The van der Waals surface area contributed by atoms with E-state index in [1.165, 1.54) is 4.57 Å². The van der Waals surface area contributed by atoms with Crippen molar-refractivity contribution in [1.82, 2.24) is 9.55 Å². The van der Waals surface area contributed by atoms with Gasteiger partial charge in [-0.1, -0.05) is 23.7 Å². The number of nitriles is 1. The van der Waals surface area contributed by atoms with Crippen LogP contribution in [-0.2, 0) is 9.84 Å². The van der Waals surface area contributed by atoms with Crippen molar-refractivity contribution >= 4 is 38.2 Å². The number of nitrogens with zero attached hydrogens (tertiary/aromatic N) is 3. The van der Waals surface area contributed by atoms with Gasteiger partial charge in [0.15, 0.2) is 0 Å². The Hall–Kier alpha value is -2.89. The van der Waals surface area contributed by atoms with Gasteiger partial charge in [-0.05, 0) is 48.6 Å². The van der Waals surface area contributed by atoms with Gasteiger partial charge in [0, 0.05) is 18.2 Å². The molecule has 2 aromatic carbocycles. The Kier molecular flexibility index (Phi) is 5.26. The highest BCUT2D eigenvalue weighted by Crippen LogP contribution is 2.43. The van der Waals surface area contributed by atoms with Gasteiger partial charge in [0.05, 0.1) is 33.6 Å². The molecule has 1 aliphatic carbocycles. The summed E-state index contributed by atoms with van der Waals surface area (Å²) in [5.41, 5.74) is 1.96. The number of hydrogen-bond acceptors (Lipinski definition) is 6. The van der Waals surface area contributed by atoms with E-state index >= 15 is 0 Å². The van der Waals surface area contributed by atoms with E-state index in [9.17, 15) is 18.5 Å². The first kappa shape index (κ1) is 20.4. The minimum Gasteiger partial charge on any atom is -0.368 e. The van der Waals surface area contributed by atoms with Crippen LogP contribution in [0.4, 0.5) is 5.82 Å². The molecule has 1 saturated carbocycles. The lowest BCUT2D eigenvalue weighted by atomic mass is 10.0. The van der Waals surface area contributed by atoms with Crippen LogP contribution >= 0.6 is 11.6 Å². The van der Waals surface area contributed by atoms with Crippen molar-refractivity contribution in [3.05, 3.63) is 63.0 Å². The van der Waals surface area contributed by atoms with Gasteiger partial charge in [0.2, 0.25) is 0 Å². The van der Waals surface area contributed by atoms with Crippen LogP contribution in [-0.4, -0.2) is 36.5 Å². The Morgan fingerprint density at radius 2 is 2.03 bits per heavy atom. The van der Waals surface area contributed by atoms with Gasteiger partial charge in [0.25, 0.3) is 0 Å². The molecule has 0 atom stereocenters. The molecule has 7 nitrogen and oxygen atoms in total. The molecule has 1 N–H and O–H groups in total. The van der Waals surface area contributed by atoms with E-state index in [-0.39, 0.29) is 18.1 Å². The number of rotatable bonds is 6. The fraction of sp³-hybridized carbons (Fsp3) is 0.286. The molecule has 0 saturated heterocycles. The molecule has 9 heteroatoms. The zero-order valence-corrected chi connectivity index (χ0v) is 17.8. The molecule has 0 spiro atoms. The van der Waals surface area contributed by atoms with Crippen molar-refractivity contribution < 1.29 is 8.42 Å². The van der Waals surface area contributed by atoms with Crippen LogP contribution in [0, 0.1) is 11.3 Å². The van der Waals surface area contributed by atoms with Gasteiger partial charge in [0.1, 0.15) is 15.7 Å². The predicted octanol–water partition coefficient (Wildman–Crippen LogP) is 3.24. The lowest BCUT2D eigenvalue weighted by Crippen LogP contribution is -2.25. The Morgan fingerprint density at radius 1 is 1.30 bits per heavy atom. The van der Waals surface area contributed by atoms with Gasteiger partial charge in [-0.25, -0.2) is 13.2 Å². The Balaban J connectivity index is 1.96. The molecule has 3 aromatic rings. The first-order valence-electron chi connectivity index (χ1n) is 9.46. The number of para-hydroxylation sites is 1. The molecular weight excluding hydrogens is 424 g/mol. The third kappa shape index (κ3) is 4.04. The second-order valence-electron chi connectivity index (χ2n) is 7.43. The lowest BCUT2D eigenvalue weighted by molar-refractivity contribution is 0.602. The number of anilines is 1. The van der Waals surface area contributed by atoms with Crippen molar-refractivity contribution in [3.63, 3.8) is 0 Å². The Labute approximate surface area is 178 Å². The molecule has 0 amide bonds. The maximum Gasteiger partial charge on any atom is 0.354 e. The molecule has 4 rings (SSSR count). The SMILES string of the molecule is CS(=O)(=O)CCNc1nc(=O)n(-c2ccccc2Cl)c2cc(C3CC3)c(C#N)cc12. The number of fused-ring (bicyclic) bond motifs is 1. The monoisotopic (exact) mass is 442 g/mol. The first-order chi connectivity index (χ1) is 14.3. The van der Waals surface area contributed by atoms with Crippen molar-refractivity contribution in [2.45, 2.75) is 18.8 Å². The van der Waals surface area contributed by atoms with E-state index < -0.39 is 15.5 Å². The Bertz CT molecular complexity index is 1360. The number of aromatic nitrogens is 2. The summed E-state index contributed by atoms with van der Waals surface area (Å²) in [6.07, 6.45) is 3.15. The number of hydrogen-bond donors (Lipinski definition) is 1. The quantitative estimate of drug-likeness (QED) is 0.628. The van der Waals surface area contributed by atoms with Gasteiger partial charge >= 0.3 is 5.69 Å². The Morgan fingerprint density at radius 3 is 2.67 bits per heavy atom. The molecule has 0 radical (unpaired) electrons. The average molecular weight is 443 g/mol. The van der Waals surface area contributed by atoms with Crippen LogP contribution in [0.1, 0.15) is 29.9 Å². The second kappa shape index (κ2) is 7.74. The molecule has 0 bridgehead atoms. The largest absolute Gasteiger partial charge is 0.368 e. The van der Waals surface area contributed by atoms with Crippen molar-refractivity contribution in [2.75, 3.05) is 23.9 Å². The fourth-order valence-corrected chi connectivity index (χ4v) is 4.17. The molecule has 0 unspecified atom stereocenters. The summed E-state index contributed by atoms with van der Waals surface area (Å²) in [7, 11) is -3.18. The molecule has 1 fully saturated rings. The maximum atomic E-state index is 13.0.